The van der Waals surface area contributed by atoms with Crippen molar-refractivity contribution in [3.8, 4) is 0 Å². The Hall–Kier alpha value is -1.59. The molecule has 0 unspecified atom stereocenters. The first-order valence-corrected chi connectivity index (χ1v) is 6.23. The van der Waals surface area contributed by atoms with Crippen LogP contribution in [0.3, 0.4) is 0 Å². The van der Waals surface area contributed by atoms with Crippen molar-refractivity contribution in [2.24, 2.45) is 0 Å². The van der Waals surface area contributed by atoms with Gasteiger partial charge in [0.1, 0.15) is 5.82 Å². The molecule has 1 aliphatic carbocycles. The van der Waals surface area contributed by atoms with Gasteiger partial charge in [-0.15, -0.1) is 0 Å². The Morgan fingerprint density at radius 3 is 2.67 bits per heavy atom. The molecule has 3 rings (SSSR count). The molecule has 1 saturated carbocycles. The second kappa shape index (κ2) is 4.26. The molecule has 0 atom stereocenters. The van der Waals surface area contributed by atoms with Gasteiger partial charge >= 0.3 is 0 Å². The highest BCUT2D eigenvalue weighted by molar-refractivity contribution is 5.80. The molecule has 0 saturated heterocycles. The molecule has 18 heavy (non-hydrogen) atoms. The maximum absolute atomic E-state index is 9.41. The van der Waals surface area contributed by atoms with Crippen molar-refractivity contribution < 1.29 is 10.2 Å². The lowest BCUT2D eigenvalue weighted by molar-refractivity contribution is 0.155. The van der Waals surface area contributed by atoms with Crippen LogP contribution in [0.2, 0.25) is 0 Å². The van der Waals surface area contributed by atoms with Gasteiger partial charge < -0.3 is 20.5 Å². The van der Waals surface area contributed by atoms with E-state index in [4.69, 9.17) is 5.73 Å². The molecule has 0 aliphatic heterocycles. The van der Waals surface area contributed by atoms with Crippen LogP contribution in [0.4, 0.5) is 5.69 Å². The minimum Gasteiger partial charge on any atom is -0.399 e. The number of hydrogen-bond acceptors (Lipinski definition) is 4. The van der Waals surface area contributed by atoms with Gasteiger partial charge in [-0.1, -0.05) is 0 Å². The molecule has 1 heterocycles. The number of aromatic nitrogens is 2. The predicted octanol–water partition coefficient (Wildman–Crippen LogP) is 1.02. The summed E-state index contributed by atoms with van der Waals surface area (Å²) < 4.78 is 1.96. The number of benzene rings is 1. The van der Waals surface area contributed by atoms with Crippen LogP contribution in [0.15, 0.2) is 18.2 Å². The smallest absolute Gasteiger partial charge is 0.113 e. The normalized spacial score (nSPS) is 15.7. The van der Waals surface area contributed by atoms with Gasteiger partial charge in [0.25, 0.3) is 0 Å². The summed E-state index contributed by atoms with van der Waals surface area (Å²) in [6.07, 6.45) is 2.25. The molecule has 5 heteroatoms. The average molecular weight is 247 g/mol. The van der Waals surface area contributed by atoms with E-state index in [-0.39, 0.29) is 19.3 Å². The van der Waals surface area contributed by atoms with Crippen LogP contribution in [-0.4, -0.2) is 33.0 Å². The lowest BCUT2D eigenvalue weighted by atomic mass is 10.2. The van der Waals surface area contributed by atoms with Crippen LogP contribution in [0, 0.1) is 0 Å². The first-order valence-electron chi connectivity index (χ1n) is 6.23. The standard InChI is InChI=1S/C13H17N3O2/c14-9-3-4-12-11(5-9)15-13(8-1-2-8)16(12)10(6-17)7-18/h3-5,8,10,17-18H,1-2,6-7,14H2. The largest absolute Gasteiger partial charge is 0.399 e. The number of nitrogen functional groups attached to an aromatic ring is 1. The molecule has 0 bridgehead atoms. The fourth-order valence-electron chi connectivity index (χ4n) is 2.37. The first-order chi connectivity index (χ1) is 8.74. The van der Waals surface area contributed by atoms with Crippen molar-refractivity contribution >= 4 is 16.7 Å². The van der Waals surface area contributed by atoms with Crippen LogP contribution in [0.1, 0.15) is 30.6 Å². The summed E-state index contributed by atoms with van der Waals surface area (Å²) in [4.78, 5) is 4.61. The molecule has 4 N–H and O–H groups in total. The number of rotatable bonds is 4. The number of anilines is 1. The average Bonchev–Trinajstić information content (AvgIpc) is 3.14. The van der Waals surface area contributed by atoms with Gasteiger partial charge in [0.15, 0.2) is 0 Å². The second-order valence-corrected chi connectivity index (χ2v) is 4.88. The highest BCUT2D eigenvalue weighted by Crippen LogP contribution is 2.41. The molecule has 5 nitrogen and oxygen atoms in total. The lowest BCUT2D eigenvalue weighted by Crippen LogP contribution is -2.19. The van der Waals surface area contributed by atoms with Crippen LogP contribution < -0.4 is 5.73 Å². The van der Waals surface area contributed by atoms with Crippen molar-refractivity contribution in [3.05, 3.63) is 24.0 Å². The number of aliphatic hydroxyl groups excluding tert-OH is 2. The summed E-state index contributed by atoms with van der Waals surface area (Å²) in [7, 11) is 0. The van der Waals surface area contributed by atoms with Crippen LogP contribution in [-0.2, 0) is 0 Å². The third-order valence-electron chi connectivity index (χ3n) is 3.47. The zero-order valence-corrected chi connectivity index (χ0v) is 10.1. The van der Waals surface area contributed by atoms with E-state index < -0.39 is 0 Å². The van der Waals surface area contributed by atoms with Crippen molar-refractivity contribution in [3.63, 3.8) is 0 Å². The summed E-state index contributed by atoms with van der Waals surface area (Å²) in [5.74, 6) is 1.42. The summed E-state index contributed by atoms with van der Waals surface area (Å²) in [6.45, 7) is -0.182. The Morgan fingerprint density at radius 1 is 1.33 bits per heavy atom. The summed E-state index contributed by atoms with van der Waals surface area (Å²) in [6, 6.07) is 5.24. The minimum absolute atomic E-state index is 0.0912. The monoisotopic (exact) mass is 247 g/mol. The quantitative estimate of drug-likeness (QED) is 0.704. The number of aliphatic hydroxyl groups is 2. The zero-order valence-electron chi connectivity index (χ0n) is 10.1. The first kappa shape index (κ1) is 11.5. The number of fused-ring (bicyclic) bond motifs is 1. The summed E-state index contributed by atoms with van der Waals surface area (Å²) in [5.41, 5.74) is 8.21. The van der Waals surface area contributed by atoms with Gasteiger partial charge in [-0.2, -0.15) is 0 Å². The van der Waals surface area contributed by atoms with E-state index >= 15 is 0 Å². The van der Waals surface area contributed by atoms with Gasteiger partial charge in [0.05, 0.1) is 30.3 Å². The Morgan fingerprint density at radius 2 is 2.06 bits per heavy atom. The van der Waals surface area contributed by atoms with Crippen molar-refractivity contribution in [1.82, 2.24) is 9.55 Å². The molecule has 96 valence electrons. The fraction of sp³-hybridized carbons (Fsp3) is 0.462. The molecule has 1 aromatic carbocycles. The molecular formula is C13H17N3O2. The zero-order chi connectivity index (χ0) is 12.7. The van der Waals surface area contributed by atoms with E-state index in [0.717, 1.165) is 29.7 Å². The van der Waals surface area contributed by atoms with E-state index in [1.165, 1.54) is 0 Å². The number of hydrogen-bond donors (Lipinski definition) is 3. The molecule has 0 amide bonds. The number of nitrogens with two attached hydrogens (primary N) is 1. The molecular weight excluding hydrogens is 230 g/mol. The van der Waals surface area contributed by atoms with Crippen LogP contribution in [0.25, 0.3) is 11.0 Å². The molecule has 2 aromatic rings. The van der Waals surface area contributed by atoms with Crippen molar-refractivity contribution in [2.45, 2.75) is 24.8 Å². The minimum atomic E-state index is -0.325. The summed E-state index contributed by atoms with van der Waals surface area (Å²) in [5, 5.41) is 18.8. The van der Waals surface area contributed by atoms with Crippen molar-refractivity contribution in [2.75, 3.05) is 18.9 Å². The Bertz CT molecular complexity index is 571. The van der Waals surface area contributed by atoms with Gasteiger partial charge in [0.2, 0.25) is 0 Å². The molecule has 0 spiro atoms. The lowest BCUT2D eigenvalue weighted by Gasteiger charge is -2.17. The van der Waals surface area contributed by atoms with E-state index in [2.05, 4.69) is 4.98 Å². The molecule has 1 aromatic heterocycles. The van der Waals surface area contributed by atoms with E-state index in [1.54, 1.807) is 0 Å². The Balaban J connectivity index is 2.21. The number of nitrogens with zero attached hydrogens (tertiary/aromatic N) is 2. The van der Waals surface area contributed by atoms with Crippen molar-refractivity contribution in [1.29, 1.82) is 0 Å². The Labute approximate surface area is 105 Å². The molecule has 0 radical (unpaired) electrons. The third kappa shape index (κ3) is 1.76. The summed E-state index contributed by atoms with van der Waals surface area (Å²) >= 11 is 0. The molecule has 1 aliphatic rings. The van der Waals surface area contributed by atoms with E-state index in [9.17, 15) is 10.2 Å². The maximum Gasteiger partial charge on any atom is 0.113 e. The third-order valence-corrected chi connectivity index (χ3v) is 3.47. The molecule has 1 fully saturated rings. The number of imidazole rings is 1. The predicted molar refractivity (Wildman–Crippen MR) is 69.3 cm³/mol. The highest BCUT2D eigenvalue weighted by atomic mass is 16.3. The van der Waals surface area contributed by atoms with Gasteiger partial charge in [-0.25, -0.2) is 4.98 Å². The maximum atomic E-state index is 9.41. The van der Waals surface area contributed by atoms with E-state index in [0.29, 0.717) is 11.6 Å². The Kier molecular flexibility index (Phi) is 2.72. The fourth-order valence-corrected chi connectivity index (χ4v) is 2.37. The van der Waals surface area contributed by atoms with Crippen LogP contribution >= 0.6 is 0 Å². The van der Waals surface area contributed by atoms with Crippen LogP contribution in [0.5, 0.6) is 0 Å². The SMILES string of the molecule is Nc1ccc2c(c1)nc(C1CC1)n2C(CO)CO. The van der Waals surface area contributed by atoms with Gasteiger partial charge in [0, 0.05) is 11.6 Å². The van der Waals surface area contributed by atoms with Gasteiger partial charge in [-0.05, 0) is 31.0 Å². The second-order valence-electron chi connectivity index (χ2n) is 4.88. The van der Waals surface area contributed by atoms with E-state index in [1.807, 2.05) is 22.8 Å². The topological polar surface area (TPSA) is 84.3 Å². The highest BCUT2D eigenvalue weighted by Gasteiger charge is 2.31. The van der Waals surface area contributed by atoms with Gasteiger partial charge in [-0.3, -0.25) is 0 Å².